The molecule has 2 heterocycles. The van der Waals surface area contributed by atoms with Crippen molar-refractivity contribution in [2.75, 3.05) is 0 Å². The Hall–Kier alpha value is -1.92. The Balaban J connectivity index is 2.14. The quantitative estimate of drug-likeness (QED) is 0.736. The second kappa shape index (κ2) is 5.70. The van der Waals surface area contributed by atoms with Crippen LogP contribution in [0, 0.1) is 5.82 Å². The average Bonchev–Trinajstić information content (AvgIpc) is 2.86. The molecule has 0 bridgehead atoms. The van der Waals surface area contributed by atoms with Gasteiger partial charge >= 0.3 is 0 Å². The minimum absolute atomic E-state index is 0.0810. The number of imidazole rings is 1. The highest BCUT2D eigenvalue weighted by Gasteiger charge is 2.15. The maximum Gasteiger partial charge on any atom is 0.287 e. The number of nitrogens with zero attached hydrogens (tertiary/aromatic N) is 4. The van der Waals surface area contributed by atoms with Gasteiger partial charge in [0.1, 0.15) is 22.9 Å². The fourth-order valence-corrected chi connectivity index (χ4v) is 2.60. The number of rotatable bonds is 3. The van der Waals surface area contributed by atoms with Gasteiger partial charge < -0.3 is 4.57 Å². The van der Waals surface area contributed by atoms with E-state index in [0.717, 1.165) is 4.68 Å². The van der Waals surface area contributed by atoms with Crippen LogP contribution in [-0.4, -0.2) is 19.3 Å². The fourth-order valence-electron chi connectivity index (χ4n) is 2.33. The number of para-hydroxylation sites is 1. The molecule has 0 radical (unpaired) electrons. The Kier molecular flexibility index (Phi) is 3.88. The lowest BCUT2D eigenvalue weighted by atomic mass is 10.3. The lowest BCUT2D eigenvalue weighted by Crippen LogP contribution is -2.25. The normalized spacial score (nSPS) is 11.3. The van der Waals surface area contributed by atoms with Crippen LogP contribution in [0.2, 0.25) is 10.0 Å². The molecule has 0 unspecified atom stereocenters. The van der Waals surface area contributed by atoms with Gasteiger partial charge in [0.2, 0.25) is 0 Å². The number of hydrogen-bond donors (Lipinski definition) is 0. The van der Waals surface area contributed by atoms with Crippen LogP contribution >= 0.6 is 23.2 Å². The van der Waals surface area contributed by atoms with Gasteiger partial charge in [-0.1, -0.05) is 29.3 Å². The summed E-state index contributed by atoms with van der Waals surface area (Å²) >= 11 is 11.6. The van der Waals surface area contributed by atoms with Crippen LogP contribution in [0.25, 0.3) is 11.0 Å². The SMILES string of the molecule is CCn1c(Cn2ncc(Cl)c(Cl)c2=O)nc2c(F)cccc21. The predicted octanol–water partition coefficient (Wildman–Crippen LogP) is 3.11. The molecule has 22 heavy (non-hydrogen) atoms. The first kappa shape index (κ1) is 15.0. The average molecular weight is 341 g/mol. The highest BCUT2D eigenvalue weighted by molar-refractivity contribution is 6.41. The van der Waals surface area contributed by atoms with Crippen molar-refractivity contribution in [1.82, 2.24) is 19.3 Å². The third-order valence-corrected chi connectivity index (χ3v) is 4.11. The summed E-state index contributed by atoms with van der Waals surface area (Å²) < 4.78 is 16.8. The molecule has 114 valence electrons. The largest absolute Gasteiger partial charge is 0.327 e. The first-order valence-electron chi connectivity index (χ1n) is 6.57. The molecule has 3 aromatic rings. The molecule has 0 amide bonds. The monoisotopic (exact) mass is 340 g/mol. The number of aryl methyl sites for hydroxylation is 1. The predicted molar refractivity (Wildman–Crippen MR) is 83.0 cm³/mol. The molecule has 5 nitrogen and oxygen atoms in total. The van der Waals surface area contributed by atoms with Crippen molar-refractivity contribution in [2.24, 2.45) is 0 Å². The lowest BCUT2D eigenvalue weighted by molar-refractivity contribution is 0.585. The molecule has 0 N–H and O–H groups in total. The number of benzene rings is 1. The van der Waals surface area contributed by atoms with Crippen molar-refractivity contribution >= 4 is 34.2 Å². The van der Waals surface area contributed by atoms with E-state index < -0.39 is 11.4 Å². The van der Waals surface area contributed by atoms with Gasteiger partial charge in [-0.05, 0) is 19.1 Å². The number of fused-ring (bicyclic) bond motifs is 1. The summed E-state index contributed by atoms with van der Waals surface area (Å²) in [5, 5.41) is 3.94. The molecule has 0 spiro atoms. The van der Waals surface area contributed by atoms with Gasteiger partial charge in [-0.15, -0.1) is 0 Å². The number of aromatic nitrogens is 4. The van der Waals surface area contributed by atoms with Gasteiger partial charge in [0.25, 0.3) is 5.56 Å². The Morgan fingerprint density at radius 3 is 2.82 bits per heavy atom. The summed E-state index contributed by atoms with van der Waals surface area (Å²) in [6.45, 7) is 2.59. The van der Waals surface area contributed by atoms with Crippen LogP contribution in [0.1, 0.15) is 12.7 Å². The summed E-state index contributed by atoms with van der Waals surface area (Å²) in [6, 6.07) is 4.75. The van der Waals surface area contributed by atoms with Crippen LogP contribution in [0.5, 0.6) is 0 Å². The minimum atomic E-state index is -0.510. The molecule has 0 aliphatic carbocycles. The first-order chi connectivity index (χ1) is 10.5. The van der Waals surface area contributed by atoms with Crippen LogP contribution in [0.3, 0.4) is 0 Å². The fraction of sp³-hybridized carbons (Fsp3) is 0.214. The first-order valence-corrected chi connectivity index (χ1v) is 7.33. The molecule has 1 aromatic carbocycles. The van der Waals surface area contributed by atoms with E-state index in [2.05, 4.69) is 10.1 Å². The van der Waals surface area contributed by atoms with Gasteiger partial charge in [-0.25, -0.2) is 14.1 Å². The van der Waals surface area contributed by atoms with Gasteiger partial charge in [-0.2, -0.15) is 5.10 Å². The molecule has 3 rings (SSSR count). The molecule has 0 saturated heterocycles. The highest BCUT2D eigenvalue weighted by Crippen LogP contribution is 2.20. The Morgan fingerprint density at radius 1 is 1.32 bits per heavy atom. The van der Waals surface area contributed by atoms with Crippen LogP contribution < -0.4 is 5.56 Å². The van der Waals surface area contributed by atoms with Crippen molar-refractivity contribution in [1.29, 1.82) is 0 Å². The standard InChI is InChI=1S/C14H11Cl2FN4O/c1-2-20-10-5-3-4-9(17)13(10)19-11(20)7-21-14(22)12(16)8(15)6-18-21/h3-6H,2,7H2,1H3. The second-order valence-electron chi connectivity index (χ2n) is 4.65. The zero-order valence-corrected chi connectivity index (χ0v) is 13.1. The zero-order chi connectivity index (χ0) is 15.9. The van der Waals surface area contributed by atoms with Gasteiger partial charge in [-0.3, -0.25) is 4.79 Å². The highest BCUT2D eigenvalue weighted by atomic mass is 35.5. The molecular weight excluding hydrogens is 330 g/mol. The molecule has 0 aliphatic rings. The molecular formula is C14H11Cl2FN4O. The third-order valence-electron chi connectivity index (χ3n) is 3.36. The maximum atomic E-state index is 13.9. The van der Waals surface area contributed by atoms with Crippen molar-refractivity contribution in [3.63, 3.8) is 0 Å². The molecule has 0 saturated carbocycles. The Bertz CT molecular complexity index is 919. The van der Waals surface area contributed by atoms with Crippen molar-refractivity contribution in [3.05, 3.63) is 56.4 Å². The third kappa shape index (κ3) is 2.38. The van der Waals surface area contributed by atoms with E-state index >= 15 is 0 Å². The van der Waals surface area contributed by atoms with Crippen molar-refractivity contribution in [3.8, 4) is 0 Å². The zero-order valence-electron chi connectivity index (χ0n) is 11.6. The summed E-state index contributed by atoms with van der Waals surface area (Å²) in [6.07, 6.45) is 1.30. The van der Waals surface area contributed by atoms with Crippen LogP contribution in [0.4, 0.5) is 4.39 Å². The molecule has 8 heteroatoms. The van der Waals surface area contributed by atoms with E-state index in [1.54, 1.807) is 12.1 Å². The summed E-state index contributed by atoms with van der Waals surface area (Å²) in [7, 11) is 0. The topological polar surface area (TPSA) is 52.7 Å². The second-order valence-corrected chi connectivity index (χ2v) is 5.43. The Labute approximate surface area is 134 Å². The van der Waals surface area contributed by atoms with Gasteiger partial charge in [0.15, 0.2) is 5.82 Å². The number of hydrogen-bond acceptors (Lipinski definition) is 3. The summed E-state index contributed by atoms with van der Waals surface area (Å²) in [5.74, 6) is 0.121. The van der Waals surface area contributed by atoms with Crippen molar-refractivity contribution in [2.45, 2.75) is 20.0 Å². The van der Waals surface area contributed by atoms with Crippen LogP contribution in [0.15, 0.2) is 29.2 Å². The molecule has 0 atom stereocenters. The molecule has 0 fully saturated rings. The Morgan fingerprint density at radius 2 is 2.09 bits per heavy atom. The minimum Gasteiger partial charge on any atom is -0.327 e. The summed E-state index contributed by atoms with van der Waals surface area (Å²) in [4.78, 5) is 16.3. The molecule has 0 aliphatic heterocycles. The smallest absolute Gasteiger partial charge is 0.287 e. The van der Waals surface area contributed by atoms with E-state index in [1.807, 2.05) is 11.5 Å². The van der Waals surface area contributed by atoms with Gasteiger partial charge in [0.05, 0.1) is 16.7 Å². The van der Waals surface area contributed by atoms with E-state index in [4.69, 9.17) is 23.2 Å². The molecule has 2 aromatic heterocycles. The maximum absolute atomic E-state index is 13.9. The van der Waals surface area contributed by atoms with Crippen LogP contribution in [-0.2, 0) is 13.1 Å². The van der Waals surface area contributed by atoms with E-state index in [0.29, 0.717) is 17.9 Å². The van der Waals surface area contributed by atoms with E-state index in [-0.39, 0.29) is 22.1 Å². The van der Waals surface area contributed by atoms with E-state index in [1.165, 1.54) is 12.3 Å². The summed E-state index contributed by atoms with van der Waals surface area (Å²) in [5.41, 5.74) is 0.433. The van der Waals surface area contributed by atoms with E-state index in [9.17, 15) is 9.18 Å². The number of halogens is 3. The lowest BCUT2D eigenvalue weighted by Gasteiger charge is -2.08. The van der Waals surface area contributed by atoms with Crippen molar-refractivity contribution < 1.29 is 4.39 Å². The van der Waals surface area contributed by atoms with Gasteiger partial charge in [0, 0.05) is 6.54 Å².